The fraction of sp³-hybridized carbons (Fsp3) is 0.600. The zero-order chi connectivity index (χ0) is 18.7. The molecule has 146 valence electrons. The molecule has 1 aliphatic rings. The molecule has 0 amide bonds. The molecule has 0 aliphatic carbocycles. The van der Waals surface area contributed by atoms with Crippen molar-refractivity contribution in [2.24, 2.45) is 4.99 Å². The van der Waals surface area contributed by atoms with Crippen LogP contribution < -0.4 is 10.6 Å². The van der Waals surface area contributed by atoms with E-state index in [0.717, 1.165) is 75.2 Å². The Balaban J connectivity index is 1.44. The summed E-state index contributed by atoms with van der Waals surface area (Å²) < 4.78 is 2.33. The quantitative estimate of drug-likeness (QED) is 0.423. The predicted octanol–water partition coefficient (Wildman–Crippen LogP) is 2.13. The van der Waals surface area contributed by atoms with Crippen LogP contribution in [0.15, 0.2) is 29.4 Å². The largest absolute Gasteiger partial charge is 0.357 e. The van der Waals surface area contributed by atoms with E-state index in [9.17, 15) is 0 Å². The number of aromatic nitrogens is 4. The van der Waals surface area contributed by atoms with Gasteiger partial charge in [0.05, 0.1) is 0 Å². The van der Waals surface area contributed by atoms with Crippen molar-refractivity contribution >= 4 is 5.96 Å². The number of fused-ring (bicyclic) bond motifs is 1. The third kappa shape index (κ3) is 6.05. The second-order valence-corrected chi connectivity index (χ2v) is 6.86. The van der Waals surface area contributed by atoms with Crippen LogP contribution in [0.1, 0.15) is 49.9 Å². The lowest BCUT2D eigenvalue weighted by Gasteiger charge is -2.11. The number of nitrogens with zero attached hydrogens (tertiary/aromatic N) is 5. The SMILES string of the molecule is CCNC(=NCCCc1nnc2n1CCCCC2)NCCc1ccccn1. The molecule has 3 rings (SSSR count). The molecule has 0 atom stereocenters. The first-order valence-electron chi connectivity index (χ1n) is 10.2. The highest BCUT2D eigenvalue weighted by molar-refractivity contribution is 5.79. The standard InChI is InChI=1S/C20H31N7/c1-2-21-20(24-15-12-17-9-5-6-13-22-17)23-14-8-11-19-26-25-18-10-4-3-7-16-27(18)19/h5-6,9,13H,2-4,7-8,10-12,14-16H2,1H3,(H2,21,23,24). The third-order valence-corrected chi connectivity index (χ3v) is 4.76. The molecular weight excluding hydrogens is 338 g/mol. The Bertz CT molecular complexity index is 708. The van der Waals surface area contributed by atoms with Crippen LogP contribution in [0, 0.1) is 0 Å². The van der Waals surface area contributed by atoms with Gasteiger partial charge in [0.15, 0.2) is 5.96 Å². The van der Waals surface area contributed by atoms with E-state index >= 15 is 0 Å². The number of rotatable bonds is 8. The Labute approximate surface area is 161 Å². The van der Waals surface area contributed by atoms with Gasteiger partial charge in [-0.25, -0.2) is 0 Å². The Kier molecular flexibility index (Phi) is 7.62. The highest BCUT2D eigenvalue weighted by Gasteiger charge is 2.13. The second-order valence-electron chi connectivity index (χ2n) is 6.86. The van der Waals surface area contributed by atoms with Crippen molar-refractivity contribution in [1.82, 2.24) is 30.4 Å². The van der Waals surface area contributed by atoms with Crippen molar-refractivity contribution in [2.45, 2.75) is 58.4 Å². The topological polar surface area (TPSA) is 80.0 Å². The molecule has 2 N–H and O–H groups in total. The van der Waals surface area contributed by atoms with E-state index in [1.54, 1.807) is 0 Å². The van der Waals surface area contributed by atoms with E-state index < -0.39 is 0 Å². The van der Waals surface area contributed by atoms with Crippen LogP contribution in [-0.2, 0) is 25.8 Å². The summed E-state index contributed by atoms with van der Waals surface area (Å²) in [6.07, 6.45) is 9.47. The van der Waals surface area contributed by atoms with Crippen molar-refractivity contribution < 1.29 is 0 Å². The zero-order valence-electron chi connectivity index (χ0n) is 16.3. The minimum absolute atomic E-state index is 0.779. The minimum Gasteiger partial charge on any atom is -0.357 e. The van der Waals surface area contributed by atoms with E-state index in [2.05, 4.69) is 37.3 Å². The van der Waals surface area contributed by atoms with Gasteiger partial charge in [0.1, 0.15) is 11.6 Å². The first-order chi connectivity index (χ1) is 13.4. The molecule has 0 unspecified atom stereocenters. The number of hydrogen-bond donors (Lipinski definition) is 2. The number of pyridine rings is 1. The van der Waals surface area contributed by atoms with Crippen LogP contribution in [0.2, 0.25) is 0 Å². The van der Waals surface area contributed by atoms with E-state index in [0.29, 0.717) is 0 Å². The highest BCUT2D eigenvalue weighted by Crippen LogP contribution is 2.15. The van der Waals surface area contributed by atoms with Gasteiger partial charge in [-0.1, -0.05) is 12.5 Å². The first kappa shape index (κ1) is 19.3. The molecular formula is C20H31N7. The normalized spacial score (nSPS) is 14.5. The van der Waals surface area contributed by atoms with Gasteiger partial charge in [-0.2, -0.15) is 0 Å². The van der Waals surface area contributed by atoms with E-state index in [1.807, 2.05) is 24.4 Å². The maximum Gasteiger partial charge on any atom is 0.191 e. The van der Waals surface area contributed by atoms with Gasteiger partial charge in [0, 0.05) is 57.3 Å². The summed E-state index contributed by atoms with van der Waals surface area (Å²) in [7, 11) is 0. The van der Waals surface area contributed by atoms with Crippen LogP contribution in [0.25, 0.3) is 0 Å². The Hall–Kier alpha value is -2.44. The summed E-state index contributed by atoms with van der Waals surface area (Å²) in [5, 5.41) is 15.5. The molecule has 0 saturated heterocycles. The molecule has 0 saturated carbocycles. The van der Waals surface area contributed by atoms with Gasteiger partial charge in [-0.05, 0) is 38.3 Å². The molecule has 0 spiro atoms. The number of nitrogens with one attached hydrogen (secondary N) is 2. The first-order valence-corrected chi connectivity index (χ1v) is 10.2. The average Bonchev–Trinajstić information content (AvgIpc) is 2.92. The second kappa shape index (κ2) is 10.6. The summed E-state index contributed by atoms with van der Waals surface area (Å²) in [5.41, 5.74) is 1.09. The van der Waals surface area contributed by atoms with Crippen molar-refractivity contribution in [1.29, 1.82) is 0 Å². The van der Waals surface area contributed by atoms with Crippen molar-refractivity contribution in [2.75, 3.05) is 19.6 Å². The summed E-state index contributed by atoms with van der Waals surface area (Å²) >= 11 is 0. The van der Waals surface area contributed by atoms with Crippen LogP contribution in [-0.4, -0.2) is 45.3 Å². The third-order valence-electron chi connectivity index (χ3n) is 4.76. The van der Waals surface area contributed by atoms with Crippen LogP contribution >= 0.6 is 0 Å². The molecule has 1 aliphatic heterocycles. The molecule has 0 fully saturated rings. The summed E-state index contributed by atoms with van der Waals surface area (Å²) in [5.74, 6) is 3.15. The van der Waals surface area contributed by atoms with Crippen LogP contribution in [0.3, 0.4) is 0 Å². The Morgan fingerprint density at radius 1 is 1.15 bits per heavy atom. The van der Waals surface area contributed by atoms with Crippen LogP contribution in [0.4, 0.5) is 0 Å². The lowest BCUT2D eigenvalue weighted by atomic mass is 10.2. The Morgan fingerprint density at radius 3 is 2.96 bits per heavy atom. The molecule has 2 aromatic heterocycles. The molecule has 0 radical (unpaired) electrons. The average molecular weight is 370 g/mol. The van der Waals surface area contributed by atoms with Gasteiger partial charge in [-0.15, -0.1) is 10.2 Å². The Morgan fingerprint density at radius 2 is 2.11 bits per heavy atom. The van der Waals surface area contributed by atoms with E-state index in [1.165, 1.54) is 19.3 Å². The van der Waals surface area contributed by atoms with Crippen molar-refractivity contribution in [3.05, 3.63) is 41.7 Å². The maximum atomic E-state index is 4.69. The fourth-order valence-electron chi connectivity index (χ4n) is 3.35. The summed E-state index contributed by atoms with van der Waals surface area (Å²) in [4.78, 5) is 9.04. The molecule has 7 heteroatoms. The minimum atomic E-state index is 0.779. The maximum absolute atomic E-state index is 4.69. The van der Waals surface area contributed by atoms with E-state index in [4.69, 9.17) is 4.99 Å². The smallest absolute Gasteiger partial charge is 0.191 e. The number of hydrogen-bond acceptors (Lipinski definition) is 4. The fourth-order valence-corrected chi connectivity index (χ4v) is 3.35. The van der Waals surface area contributed by atoms with Crippen molar-refractivity contribution in [3.63, 3.8) is 0 Å². The van der Waals surface area contributed by atoms with E-state index in [-0.39, 0.29) is 0 Å². The monoisotopic (exact) mass is 369 g/mol. The lowest BCUT2D eigenvalue weighted by molar-refractivity contribution is 0.597. The van der Waals surface area contributed by atoms with Gasteiger partial charge in [-0.3, -0.25) is 9.98 Å². The van der Waals surface area contributed by atoms with Crippen molar-refractivity contribution in [3.8, 4) is 0 Å². The number of aryl methyl sites for hydroxylation is 2. The van der Waals surface area contributed by atoms with Gasteiger partial charge < -0.3 is 15.2 Å². The molecule has 7 nitrogen and oxygen atoms in total. The van der Waals surface area contributed by atoms with Gasteiger partial charge in [0.25, 0.3) is 0 Å². The highest BCUT2D eigenvalue weighted by atomic mass is 15.3. The molecule has 27 heavy (non-hydrogen) atoms. The van der Waals surface area contributed by atoms with Gasteiger partial charge in [0.2, 0.25) is 0 Å². The van der Waals surface area contributed by atoms with Gasteiger partial charge >= 0.3 is 0 Å². The summed E-state index contributed by atoms with van der Waals surface area (Å²) in [6, 6.07) is 6.01. The molecule has 0 bridgehead atoms. The lowest BCUT2D eigenvalue weighted by Crippen LogP contribution is -2.38. The number of guanidine groups is 1. The van der Waals surface area contributed by atoms with Crippen LogP contribution in [0.5, 0.6) is 0 Å². The number of aliphatic imine (C=N–C) groups is 1. The molecule has 2 aromatic rings. The zero-order valence-corrected chi connectivity index (χ0v) is 16.3. The summed E-state index contributed by atoms with van der Waals surface area (Å²) in [6.45, 7) is 5.61. The molecule has 0 aromatic carbocycles. The predicted molar refractivity (Wildman–Crippen MR) is 108 cm³/mol. The molecule has 3 heterocycles.